The molecule has 0 bridgehead atoms. The maximum Gasteiger partial charge on any atom is 0.119 e. The summed E-state index contributed by atoms with van der Waals surface area (Å²) in [5.41, 5.74) is 0.197. The highest BCUT2D eigenvalue weighted by Gasteiger charge is 2.40. The maximum absolute atomic E-state index is 6.08. The van der Waals surface area contributed by atoms with Crippen molar-refractivity contribution in [3.05, 3.63) is 0 Å². The van der Waals surface area contributed by atoms with Gasteiger partial charge in [-0.2, -0.15) is 0 Å². The maximum atomic E-state index is 6.08. The lowest BCUT2D eigenvalue weighted by Crippen LogP contribution is -2.60. The Bertz CT molecular complexity index is 173. The molecule has 1 fully saturated rings. The van der Waals surface area contributed by atoms with Gasteiger partial charge in [0.2, 0.25) is 0 Å². The van der Waals surface area contributed by atoms with Crippen LogP contribution in [0.3, 0.4) is 0 Å². The molecule has 0 spiro atoms. The molecule has 2 heteroatoms. The van der Waals surface area contributed by atoms with Gasteiger partial charge in [0, 0.05) is 12.0 Å². The summed E-state index contributed by atoms with van der Waals surface area (Å²) < 4.78 is 6.08. The molecule has 0 saturated carbocycles. The average Bonchev–Trinajstić information content (AvgIpc) is 2.11. The Balaban J connectivity index is 2.68. The lowest BCUT2D eigenvalue weighted by atomic mass is 9.84. The first-order chi connectivity index (χ1) is 5.96. The summed E-state index contributed by atoms with van der Waals surface area (Å²) in [5.74, 6) is 0. The van der Waals surface area contributed by atoms with Crippen molar-refractivity contribution in [3.8, 4) is 0 Å². The Morgan fingerprint density at radius 3 is 2.23 bits per heavy atom. The summed E-state index contributed by atoms with van der Waals surface area (Å²) >= 11 is 0. The van der Waals surface area contributed by atoms with Gasteiger partial charge in [-0.1, -0.05) is 27.7 Å². The molecule has 1 N–H and O–H groups in total. The molecule has 0 aromatic rings. The van der Waals surface area contributed by atoms with Crippen LogP contribution in [-0.2, 0) is 4.74 Å². The zero-order valence-electron chi connectivity index (χ0n) is 9.61. The first-order valence-electron chi connectivity index (χ1n) is 5.38. The minimum Gasteiger partial charge on any atom is -0.357 e. The fourth-order valence-electron chi connectivity index (χ4n) is 1.74. The van der Waals surface area contributed by atoms with Gasteiger partial charge in [-0.25, -0.2) is 0 Å². The Morgan fingerprint density at radius 1 is 1.31 bits per heavy atom. The largest absolute Gasteiger partial charge is 0.357 e. The third kappa shape index (κ3) is 2.05. The fourth-order valence-corrected chi connectivity index (χ4v) is 1.74. The van der Waals surface area contributed by atoms with Crippen molar-refractivity contribution in [2.45, 2.75) is 59.3 Å². The summed E-state index contributed by atoms with van der Waals surface area (Å²) in [7, 11) is 0. The number of hydrogen-bond acceptors (Lipinski definition) is 2. The van der Waals surface area contributed by atoms with Crippen LogP contribution in [0, 0.1) is 5.41 Å². The van der Waals surface area contributed by atoms with E-state index in [0.29, 0.717) is 6.10 Å². The molecule has 1 saturated heterocycles. The molecule has 0 aromatic carbocycles. The quantitative estimate of drug-likeness (QED) is 0.714. The minimum absolute atomic E-state index is 0.0606. The van der Waals surface area contributed by atoms with Gasteiger partial charge < -0.3 is 4.74 Å². The predicted molar refractivity (Wildman–Crippen MR) is 55.6 cm³/mol. The standard InChI is InChI=1S/C11H23NO/c1-6-11(7-2)12-8-10(4,5)9(3)13-11/h9,12H,6-8H2,1-5H3. The third-order valence-corrected chi connectivity index (χ3v) is 3.51. The molecule has 1 aliphatic heterocycles. The number of nitrogens with one attached hydrogen (secondary N) is 1. The van der Waals surface area contributed by atoms with Crippen LogP contribution in [0.2, 0.25) is 0 Å². The number of hydrogen-bond donors (Lipinski definition) is 1. The van der Waals surface area contributed by atoms with Crippen LogP contribution in [0.1, 0.15) is 47.5 Å². The molecule has 13 heavy (non-hydrogen) atoms. The molecule has 1 heterocycles. The normalized spacial score (nSPS) is 31.6. The molecule has 1 rings (SSSR count). The van der Waals surface area contributed by atoms with Gasteiger partial charge in [-0.05, 0) is 19.8 Å². The van der Waals surface area contributed by atoms with Crippen molar-refractivity contribution < 1.29 is 4.74 Å². The number of ether oxygens (including phenoxy) is 1. The predicted octanol–water partition coefficient (Wildman–Crippen LogP) is 2.54. The Kier molecular flexibility index (Phi) is 3.03. The smallest absolute Gasteiger partial charge is 0.119 e. The van der Waals surface area contributed by atoms with E-state index in [2.05, 4.69) is 39.9 Å². The van der Waals surface area contributed by atoms with Gasteiger partial charge in [-0.3, -0.25) is 5.32 Å². The zero-order valence-corrected chi connectivity index (χ0v) is 9.61. The molecule has 0 amide bonds. The highest BCUT2D eigenvalue weighted by Crippen LogP contribution is 2.33. The van der Waals surface area contributed by atoms with Crippen LogP contribution in [0.4, 0.5) is 0 Å². The summed E-state index contributed by atoms with van der Waals surface area (Å²) in [5, 5.41) is 3.53. The van der Waals surface area contributed by atoms with E-state index in [9.17, 15) is 0 Å². The monoisotopic (exact) mass is 185 g/mol. The molecule has 1 unspecified atom stereocenters. The highest BCUT2D eigenvalue weighted by molar-refractivity contribution is 4.90. The first kappa shape index (κ1) is 11.0. The topological polar surface area (TPSA) is 21.3 Å². The Morgan fingerprint density at radius 2 is 1.85 bits per heavy atom. The average molecular weight is 185 g/mol. The molecular formula is C11H23NO. The molecule has 0 aromatic heterocycles. The van der Waals surface area contributed by atoms with Crippen LogP contribution in [0.25, 0.3) is 0 Å². The molecule has 2 nitrogen and oxygen atoms in total. The molecule has 0 aliphatic carbocycles. The van der Waals surface area contributed by atoms with Crippen LogP contribution in [-0.4, -0.2) is 18.4 Å². The summed E-state index contributed by atoms with van der Waals surface area (Å²) in [6, 6.07) is 0. The first-order valence-corrected chi connectivity index (χ1v) is 5.38. The van der Waals surface area contributed by atoms with Crippen molar-refractivity contribution in [1.82, 2.24) is 5.32 Å². The van der Waals surface area contributed by atoms with Crippen LogP contribution in [0.15, 0.2) is 0 Å². The molecule has 0 radical (unpaired) electrons. The molecular weight excluding hydrogens is 162 g/mol. The van der Waals surface area contributed by atoms with Crippen molar-refractivity contribution >= 4 is 0 Å². The molecule has 78 valence electrons. The second-order valence-corrected chi connectivity index (χ2v) is 4.80. The second kappa shape index (κ2) is 3.58. The van der Waals surface area contributed by atoms with Crippen molar-refractivity contribution in [1.29, 1.82) is 0 Å². The highest BCUT2D eigenvalue weighted by atomic mass is 16.5. The van der Waals surface area contributed by atoms with Crippen molar-refractivity contribution in [3.63, 3.8) is 0 Å². The van der Waals surface area contributed by atoms with Crippen LogP contribution in [0.5, 0.6) is 0 Å². The second-order valence-electron chi connectivity index (χ2n) is 4.80. The van der Waals surface area contributed by atoms with E-state index in [0.717, 1.165) is 19.4 Å². The van der Waals surface area contributed by atoms with Gasteiger partial charge in [0.05, 0.1) is 6.10 Å². The van der Waals surface area contributed by atoms with Crippen LogP contribution >= 0.6 is 0 Å². The fraction of sp³-hybridized carbons (Fsp3) is 1.00. The van der Waals surface area contributed by atoms with Gasteiger partial charge in [0.25, 0.3) is 0 Å². The van der Waals surface area contributed by atoms with Gasteiger partial charge >= 0.3 is 0 Å². The van der Waals surface area contributed by atoms with Gasteiger partial charge in [0.1, 0.15) is 5.72 Å². The summed E-state index contributed by atoms with van der Waals surface area (Å²) in [4.78, 5) is 0. The van der Waals surface area contributed by atoms with E-state index in [1.807, 2.05) is 0 Å². The van der Waals surface area contributed by atoms with E-state index < -0.39 is 0 Å². The lowest BCUT2D eigenvalue weighted by Gasteiger charge is -2.48. The Hall–Kier alpha value is -0.0800. The van der Waals surface area contributed by atoms with Crippen LogP contribution < -0.4 is 5.32 Å². The van der Waals surface area contributed by atoms with Crippen molar-refractivity contribution in [2.24, 2.45) is 5.41 Å². The van der Waals surface area contributed by atoms with E-state index >= 15 is 0 Å². The SMILES string of the molecule is CCC1(CC)NCC(C)(C)C(C)O1. The number of rotatable bonds is 2. The van der Waals surface area contributed by atoms with Gasteiger partial charge in [0.15, 0.2) is 0 Å². The zero-order chi connectivity index (χ0) is 10.1. The molecule has 1 aliphatic rings. The van der Waals surface area contributed by atoms with E-state index in [4.69, 9.17) is 4.74 Å². The minimum atomic E-state index is -0.0606. The van der Waals surface area contributed by atoms with E-state index in [-0.39, 0.29) is 11.1 Å². The van der Waals surface area contributed by atoms with E-state index in [1.165, 1.54) is 0 Å². The van der Waals surface area contributed by atoms with Gasteiger partial charge in [-0.15, -0.1) is 0 Å². The third-order valence-electron chi connectivity index (χ3n) is 3.51. The summed E-state index contributed by atoms with van der Waals surface area (Å²) in [6.45, 7) is 12.1. The van der Waals surface area contributed by atoms with Crippen molar-refractivity contribution in [2.75, 3.05) is 6.54 Å². The Labute approximate surface area is 82.0 Å². The van der Waals surface area contributed by atoms with E-state index in [1.54, 1.807) is 0 Å². The lowest BCUT2D eigenvalue weighted by molar-refractivity contribution is -0.184. The summed E-state index contributed by atoms with van der Waals surface area (Å²) in [6.07, 6.45) is 2.43. The molecule has 1 atom stereocenters.